The van der Waals surface area contributed by atoms with Crippen LogP contribution in [0.15, 0.2) is 11.6 Å². The molecule has 3 heterocycles. The van der Waals surface area contributed by atoms with Crippen molar-refractivity contribution in [2.24, 2.45) is 0 Å². The number of aromatic nitrogens is 3. The van der Waals surface area contributed by atoms with E-state index in [2.05, 4.69) is 20.5 Å². The van der Waals surface area contributed by atoms with Crippen LogP contribution in [0.4, 0.5) is 10.8 Å². The summed E-state index contributed by atoms with van der Waals surface area (Å²) in [7, 11) is 0. The van der Waals surface area contributed by atoms with Gasteiger partial charge in [0.15, 0.2) is 5.13 Å². The maximum Gasteiger partial charge on any atom is 0.277 e. The molecule has 0 saturated carbocycles. The van der Waals surface area contributed by atoms with E-state index in [4.69, 9.17) is 0 Å². The predicted molar refractivity (Wildman–Crippen MR) is 74.9 cm³/mol. The molecular weight excluding hydrogens is 262 g/mol. The zero-order chi connectivity index (χ0) is 13.2. The lowest BCUT2D eigenvalue weighted by Gasteiger charge is -2.25. The van der Waals surface area contributed by atoms with Gasteiger partial charge in [0.05, 0.1) is 17.6 Å². The van der Waals surface area contributed by atoms with Crippen LogP contribution in [-0.2, 0) is 6.42 Å². The fourth-order valence-corrected chi connectivity index (χ4v) is 2.97. The SMILES string of the molecule is CCNc1nc(C(=O)N2CCCc3[nH]ncc32)cs1. The molecule has 0 bridgehead atoms. The fourth-order valence-electron chi connectivity index (χ4n) is 2.21. The Labute approximate surface area is 114 Å². The van der Waals surface area contributed by atoms with Crippen LogP contribution in [0.1, 0.15) is 29.5 Å². The zero-order valence-electron chi connectivity index (χ0n) is 10.6. The maximum absolute atomic E-state index is 12.5. The lowest BCUT2D eigenvalue weighted by atomic mass is 10.1. The summed E-state index contributed by atoms with van der Waals surface area (Å²) in [6.07, 6.45) is 3.61. The number of hydrogen-bond acceptors (Lipinski definition) is 5. The normalized spacial score (nSPS) is 14.3. The summed E-state index contributed by atoms with van der Waals surface area (Å²) in [5.74, 6) is -0.0530. The Morgan fingerprint density at radius 2 is 2.53 bits per heavy atom. The van der Waals surface area contributed by atoms with Crippen LogP contribution in [0.25, 0.3) is 0 Å². The number of nitrogens with zero attached hydrogens (tertiary/aromatic N) is 3. The molecule has 100 valence electrons. The minimum absolute atomic E-state index is 0.0530. The second-order valence-electron chi connectivity index (χ2n) is 4.36. The zero-order valence-corrected chi connectivity index (χ0v) is 11.5. The summed E-state index contributed by atoms with van der Waals surface area (Å²) < 4.78 is 0. The van der Waals surface area contributed by atoms with Crippen molar-refractivity contribution in [3.05, 3.63) is 23.0 Å². The van der Waals surface area contributed by atoms with Gasteiger partial charge in [-0.3, -0.25) is 9.89 Å². The van der Waals surface area contributed by atoms with Crippen molar-refractivity contribution in [3.63, 3.8) is 0 Å². The highest BCUT2D eigenvalue weighted by Crippen LogP contribution is 2.27. The highest BCUT2D eigenvalue weighted by atomic mass is 32.1. The largest absolute Gasteiger partial charge is 0.362 e. The number of aryl methyl sites for hydroxylation is 1. The average molecular weight is 277 g/mol. The molecule has 0 unspecified atom stereocenters. The number of aromatic amines is 1. The number of H-pyrrole nitrogens is 1. The van der Waals surface area contributed by atoms with Crippen LogP contribution in [0.2, 0.25) is 0 Å². The second kappa shape index (κ2) is 5.00. The first-order valence-electron chi connectivity index (χ1n) is 6.33. The quantitative estimate of drug-likeness (QED) is 0.898. The van der Waals surface area contributed by atoms with Crippen molar-refractivity contribution in [1.82, 2.24) is 15.2 Å². The standard InChI is InChI=1S/C12H15N5OS/c1-2-13-12-15-9(7-19-12)11(18)17-5-3-4-8-10(17)6-14-16-8/h6-7H,2-5H2,1H3,(H,13,15)(H,14,16). The van der Waals surface area contributed by atoms with Gasteiger partial charge in [-0.1, -0.05) is 0 Å². The summed E-state index contributed by atoms with van der Waals surface area (Å²) in [5.41, 5.74) is 2.41. The Kier molecular flexibility index (Phi) is 3.20. The molecule has 19 heavy (non-hydrogen) atoms. The third-order valence-electron chi connectivity index (χ3n) is 3.09. The molecule has 0 atom stereocenters. The van der Waals surface area contributed by atoms with E-state index < -0.39 is 0 Å². The Bertz CT molecular complexity index is 590. The van der Waals surface area contributed by atoms with E-state index in [0.29, 0.717) is 5.69 Å². The molecule has 0 radical (unpaired) electrons. The summed E-state index contributed by atoms with van der Waals surface area (Å²) in [4.78, 5) is 18.6. The van der Waals surface area contributed by atoms with Crippen LogP contribution in [0, 0.1) is 0 Å². The van der Waals surface area contributed by atoms with Gasteiger partial charge in [-0.05, 0) is 19.8 Å². The van der Waals surface area contributed by atoms with E-state index in [9.17, 15) is 4.79 Å². The van der Waals surface area contributed by atoms with Crippen LogP contribution in [0.3, 0.4) is 0 Å². The van der Waals surface area contributed by atoms with Crippen LogP contribution < -0.4 is 10.2 Å². The minimum Gasteiger partial charge on any atom is -0.362 e. The molecule has 2 N–H and O–H groups in total. The predicted octanol–water partition coefficient (Wildman–Crippen LogP) is 1.89. The number of thiazole rings is 1. The Balaban J connectivity index is 1.84. The topological polar surface area (TPSA) is 73.9 Å². The number of carbonyl (C=O) groups excluding carboxylic acids is 1. The molecule has 1 aliphatic rings. The van der Waals surface area contributed by atoms with Gasteiger partial charge in [-0.15, -0.1) is 11.3 Å². The van der Waals surface area contributed by atoms with Gasteiger partial charge in [0.1, 0.15) is 5.69 Å². The molecule has 0 aliphatic carbocycles. The third kappa shape index (κ3) is 2.21. The van der Waals surface area contributed by atoms with Crippen molar-refractivity contribution in [1.29, 1.82) is 0 Å². The molecule has 6 nitrogen and oxygen atoms in total. The number of amides is 1. The van der Waals surface area contributed by atoms with E-state index in [-0.39, 0.29) is 5.91 Å². The summed E-state index contributed by atoms with van der Waals surface area (Å²) in [5, 5.41) is 12.7. The molecule has 0 saturated heterocycles. The molecule has 1 aliphatic heterocycles. The number of rotatable bonds is 3. The van der Waals surface area contributed by atoms with E-state index >= 15 is 0 Å². The van der Waals surface area contributed by atoms with Gasteiger partial charge in [-0.2, -0.15) is 5.10 Å². The lowest BCUT2D eigenvalue weighted by molar-refractivity contribution is 0.0981. The smallest absolute Gasteiger partial charge is 0.277 e. The van der Waals surface area contributed by atoms with Gasteiger partial charge in [-0.25, -0.2) is 4.98 Å². The van der Waals surface area contributed by atoms with E-state index in [1.165, 1.54) is 11.3 Å². The molecular formula is C12H15N5OS. The van der Waals surface area contributed by atoms with Crippen LogP contribution in [-0.4, -0.2) is 34.2 Å². The Morgan fingerprint density at radius 1 is 1.63 bits per heavy atom. The van der Waals surface area contributed by atoms with Gasteiger partial charge in [0.25, 0.3) is 5.91 Å². The highest BCUT2D eigenvalue weighted by molar-refractivity contribution is 7.13. The maximum atomic E-state index is 12.5. The van der Waals surface area contributed by atoms with Crippen molar-refractivity contribution in [2.75, 3.05) is 23.3 Å². The van der Waals surface area contributed by atoms with E-state index in [1.807, 2.05) is 6.92 Å². The lowest BCUT2D eigenvalue weighted by Crippen LogP contribution is -2.35. The van der Waals surface area contributed by atoms with Gasteiger partial charge < -0.3 is 10.2 Å². The summed E-state index contributed by atoms with van der Waals surface area (Å²) >= 11 is 1.46. The highest BCUT2D eigenvalue weighted by Gasteiger charge is 2.26. The summed E-state index contributed by atoms with van der Waals surface area (Å²) in [6.45, 7) is 3.53. The molecule has 2 aromatic rings. The molecule has 7 heteroatoms. The number of carbonyl (C=O) groups is 1. The molecule has 3 rings (SSSR count). The number of fused-ring (bicyclic) bond motifs is 1. The fraction of sp³-hybridized carbons (Fsp3) is 0.417. The first kappa shape index (κ1) is 12.2. The molecule has 0 aromatic carbocycles. The van der Waals surface area contributed by atoms with Crippen LogP contribution in [0.5, 0.6) is 0 Å². The van der Waals surface area contributed by atoms with E-state index in [0.717, 1.165) is 42.4 Å². The second-order valence-corrected chi connectivity index (χ2v) is 5.22. The molecule has 1 amide bonds. The van der Waals surface area contributed by atoms with Crippen molar-refractivity contribution in [2.45, 2.75) is 19.8 Å². The minimum atomic E-state index is -0.0530. The van der Waals surface area contributed by atoms with Crippen molar-refractivity contribution < 1.29 is 4.79 Å². The number of nitrogens with one attached hydrogen (secondary N) is 2. The Morgan fingerprint density at radius 3 is 3.37 bits per heavy atom. The average Bonchev–Trinajstić information content (AvgIpc) is 3.06. The van der Waals surface area contributed by atoms with Crippen LogP contribution >= 0.6 is 11.3 Å². The molecule has 0 fully saturated rings. The first-order chi connectivity index (χ1) is 9.29. The number of hydrogen-bond donors (Lipinski definition) is 2. The first-order valence-corrected chi connectivity index (χ1v) is 7.21. The summed E-state index contributed by atoms with van der Waals surface area (Å²) in [6, 6.07) is 0. The van der Waals surface area contributed by atoms with Gasteiger partial charge in [0.2, 0.25) is 0 Å². The Hall–Kier alpha value is -1.89. The third-order valence-corrected chi connectivity index (χ3v) is 3.89. The van der Waals surface area contributed by atoms with Crippen molar-refractivity contribution in [3.8, 4) is 0 Å². The van der Waals surface area contributed by atoms with E-state index in [1.54, 1.807) is 16.5 Å². The van der Waals surface area contributed by atoms with Gasteiger partial charge >= 0.3 is 0 Å². The van der Waals surface area contributed by atoms with Gasteiger partial charge in [0, 0.05) is 18.5 Å². The number of anilines is 2. The van der Waals surface area contributed by atoms with Crippen molar-refractivity contribution >= 4 is 28.1 Å². The molecule has 0 spiro atoms. The molecule has 2 aromatic heterocycles. The monoisotopic (exact) mass is 277 g/mol.